The summed E-state index contributed by atoms with van der Waals surface area (Å²) in [4.78, 5) is 4.50. The van der Waals surface area contributed by atoms with Gasteiger partial charge in [-0.1, -0.05) is 13.8 Å². The first kappa shape index (κ1) is 14.8. The third-order valence-corrected chi connectivity index (χ3v) is 3.69. The van der Waals surface area contributed by atoms with Crippen LogP contribution in [0.15, 0.2) is 18.5 Å². The quantitative estimate of drug-likeness (QED) is 0.841. The van der Waals surface area contributed by atoms with Gasteiger partial charge in [0.2, 0.25) is 0 Å². The molecule has 2 rings (SSSR count). The molecule has 0 aliphatic heterocycles. The van der Waals surface area contributed by atoms with Crippen molar-refractivity contribution in [2.45, 2.75) is 45.7 Å². The van der Waals surface area contributed by atoms with Gasteiger partial charge in [0.25, 0.3) is 0 Å². The van der Waals surface area contributed by atoms with Crippen LogP contribution < -0.4 is 5.32 Å². The minimum absolute atomic E-state index is 0.241. The standard InChI is InChI=1S/C15H25N5/c1-5-8-20-9-7-17-15(20)11-13(16-3)14-10-12(6-2)18-19(14)4/h7,9-10,13,16H,5-6,8,11H2,1-4H3. The molecular weight excluding hydrogens is 250 g/mol. The zero-order valence-corrected chi connectivity index (χ0v) is 12.9. The van der Waals surface area contributed by atoms with E-state index in [1.807, 2.05) is 25.0 Å². The minimum atomic E-state index is 0.241. The Morgan fingerprint density at radius 2 is 2.15 bits per heavy atom. The molecule has 0 aliphatic rings. The second kappa shape index (κ2) is 6.70. The fraction of sp³-hybridized carbons (Fsp3) is 0.600. The van der Waals surface area contributed by atoms with Gasteiger partial charge in [0.1, 0.15) is 5.82 Å². The lowest BCUT2D eigenvalue weighted by Crippen LogP contribution is -2.23. The Bertz CT molecular complexity index is 540. The number of aryl methyl sites for hydroxylation is 3. The maximum atomic E-state index is 4.54. The largest absolute Gasteiger partial charge is 0.335 e. The van der Waals surface area contributed by atoms with E-state index in [9.17, 15) is 0 Å². The Kier molecular flexibility index (Phi) is 4.95. The molecule has 0 saturated heterocycles. The number of rotatable bonds is 7. The van der Waals surface area contributed by atoms with Crippen LogP contribution in [0, 0.1) is 0 Å². The normalized spacial score (nSPS) is 12.8. The van der Waals surface area contributed by atoms with E-state index in [0.717, 1.165) is 37.3 Å². The number of aromatic nitrogens is 4. The Labute approximate surface area is 121 Å². The first-order chi connectivity index (χ1) is 9.69. The summed E-state index contributed by atoms with van der Waals surface area (Å²) in [5.74, 6) is 1.13. The lowest BCUT2D eigenvalue weighted by molar-refractivity contribution is 0.508. The highest BCUT2D eigenvalue weighted by Gasteiger charge is 2.17. The van der Waals surface area contributed by atoms with Crippen LogP contribution in [-0.4, -0.2) is 26.4 Å². The summed E-state index contributed by atoms with van der Waals surface area (Å²) >= 11 is 0. The van der Waals surface area contributed by atoms with E-state index in [0.29, 0.717) is 0 Å². The number of hydrogen-bond acceptors (Lipinski definition) is 3. The Hall–Kier alpha value is -1.62. The summed E-state index contributed by atoms with van der Waals surface area (Å²) in [6.07, 6.45) is 6.92. The van der Waals surface area contributed by atoms with Gasteiger partial charge in [0.15, 0.2) is 0 Å². The van der Waals surface area contributed by atoms with Crippen molar-refractivity contribution in [3.8, 4) is 0 Å². The van der Waals surface area contributed by atoms with Crippen molar-refractivity contribution in [3.05, 3.63) is 35.7 Å². The van der Waals surface area contributed by atoms with Gasteiger partial charge < -0.3 is 9.88 Å². The van der Waals surface area contributed by atoms with E-state index in [-0.39, 0.29) is 6.04 Å². The summed E-state index contributed by atoms with van der Waals surface area (Å²) < 4.78 is 4.22. The zero-order valence-electron chi connectivity index (χ0n) is 12.9. The monoisotopic (exact) mass is 275 g/mol. The van der Waals surface area contributed by atoms with Crippen LogP contribution in [0.5, 0.6) is 0 Å². The highest BCUT2D eigenvalue weighted by Crippen LogP contribution is 2.18. The topological polar surface area (TPSA) is 47.7 Å². The molecule has 0 aliphatic carbocycles. The molecule has 110 valence electrons. The lowest BCUT2D eigenvalue weighted by atomic mass is 10.1. The number of nitrogens with zero attached hydrogens (tertiary/aromatic N) is 4. The highest BCUT2D eigenvalue weighted by molar-refractivity contribution is 5.16. The van der Waals surface area contributed by atoms with Crippen LogP contribution in [-0.2, 0) is 26.4 Å². The summed E-state index contributed by atoms with van der Waals surface area (Å²) in [6.45, 7) is 5.35. The van der Waals surface area contributed by atoms with Crippen molar-refractivity contribution in [1.29, 1.82) is 0 Å². The van der Waals surface area contributed by atoms with Crippen molar-refractivity contribution in [1.82, 2.24) is 24.6 Å². The van der Waals surface area contributed by atoms with Crippen molar-refractivity contribution >= 4 is 0 Å². The summed E-state index contributed by atoms with van der Waals surface area (Å²) in [7, 11) is 4.01. The number of likely N-dealkylation sites (N-methyl/N-ethyl adjacent to an activating group) is 1. The van der Waals surface area contributed by atoms with Gasteiger partial charge in [-0.2, -0.15) is 5.10 Å². The molecule has 1 N–H and O–H groups in total. The van der Waals surface area contributed by atoms with Crippen LogP contribution in [0.3, 0.4) is 0 Å². The van der Waals surface area contributed by atoms with Crippen LogP contribution in [0.25, 0.3) is 0 Å². The molecule has 0 bridgehead atoms. The van der Waals surface area contributed by atoms with Gasteiger partial charge >= 0.3 is 0 Å². The average molecular weight is 275 g/mol. The first-order valence-corrected chi connectivity index (χ1v) is 7.39. The predicted octanol–water partition coefficient (Wildman–Crippen LogP) is 2.09. The third kappa shape index (κ3) is 3.10. The molecule has 2 aromatic rings. The molecule has 5 nitrogen and oxygen atoms in total. The zero-order chi connectivity index (χ0) is 14.5. The Balaban J connectivity index is 2.19. The van der Waals surface area contributed by atoms with E-state index >= 15 is 0 Å². The van der Waals surface area contributed by atoms with Gasteiger partial charge in [-0.15, -0.1) is 0 Å². The number of imidazole rings is 1. The Morgan fingerprint density at radius 3 is 2.75 bits per heavy atom. The number of nitrogens with one attached hydrogen (secondary N) is 1. The second-order valence-corrected chi connectivity index (χ2v) is 5.12. The molecule has 0 aromatic carbocycles. The van der Waals surface area contributed by atoms with E-state index in [4.69, 9.17) is 0 Å². The molecule has 0 saturated carbocycles. The maximum absolute atomic E-state index is 4.54. The molecule has 1 unspecified atom stereocenters. The molecule has 20 heavy (non-hydrogen) atoms. The van der Waals surface area contributed by atoms with Gasteiger partial charge in [-0.3, -0.25) is 4.68 Å². The van der Waals surface area contributed by atoms with E-state index in [2.05, 4.69) is 46.1 Å². The molecule has 0 fully saturated rings. The summed E-state index contributed by atoms with van der Waals surface area (Å²) in [5, 5.41) is 7.93. The Morgan fingerprint density at radius 1 is 1.35 bits per heavy atom. The van der Waals surface area contributed by atoms with Crippen molar-refractivity contribution in [2.24, 2.45) is 7.05 Å². The summed E-state index contributed by atoms with van der Waals surface area (Å²) in [6, 6.07) is 2.43. The smallest absolute Gasteiger partial charge is 0.110 e. The fourth-order valence-corrected chi connectivity index (χ4v) is 2.55. The molecule has 0 radical (unpaired) electrons. The minimum Gasteiger partial charge on any atom is -0.335 e. The van der Waals surface area contributed by atoms with Crippen LogP contribution in [0.4, 0.5) is 0 Å². The molecule has 2 aromatic heterocycles. The van der Waals surface area contributed by atoms with E-state index < -0.39 is 0 Å². The van der Waals surface area contributed by atoms with Crippen molar-refractivity contribution in [3.63, 3.8) is 0 Å². The van der Waals surface area contributed by atoms with Crippen LogP contribution >= 0.6 is 0 Å². The lowest BCUT2D eigenvalue weighted by Gasteiger charge is -2.17. The maximum Gasteiger partial charge on any atom is 0.110 e. The van der Waals surface area contributed by atoms with Gasteiger partial charge in [0, 0.05) is 32.4 Å². The number of hydrogen-bond donors (Lipinski definition) is 1. The molecule has 1 atom stereocenters. The van der Waals surface area contributed by atoms with Gasteiger partial charge in [-0.25, -0.2) is 4.98 Å². The molecule has 0 spiro atoms. The highest BCUT2D eigenvalue weighted by atomic mass is 15.3. The first-order valence-electron chi connectivity index (χ1n) is 7.39. The third-order valence-electron chi connectivity index (χ3n) is 3.69. The van der Waals surface area contributed by atoms with Crippen LogP contribution in [0.2, 0.25) is 0 Å². The van der Waals surface area contributed by atoms with Crippen molar-refractivity contribution < 1.29 is 0 Å². The second-order valence-electron chi connectivity index (χ2n) is 5.12. The van der Waals surface area contributed by atoms with E-state index in [1.54, 1.807) is 0 Å². The van der Waals surface area contributed by atoms with Gasteiger partial charge in [-0.05, 0) is 26.0 Å². The fourth-order valence-electron chi connectivity index (χ4n) is 2.55. The van der Waals surface area contributed by atoms with Crippen molar-refractivity contribution in [2.75, 3.05) is 7.05 Å². The summed E-state index contributed by atoms with van der Waals surface area (Å²) in [5.41, 5.74) is 2.36. The molecule has 5 heteroatoms. The van der Waals surface area contributed by atoms with Crippen LogP contribution in [0.1, 0.15) is 43.5 Å². The molecule has 2 heterocycles. The van der Waals surface area contributed by atoms with E-state index in [1.165, 1.54) is 5.69 Å². The molecule has 0 amide bonds. The molecular formula is C15H25N5. The van der Waals surface area contributed by atoms with Gasteiger partial charge in [0.05, 0.1) is 17.4 Å². The SMILES string of the molecule is CCCn1ccnc1CC(NC)c1cc(CC)nn1C. The predicted molar refractivity (Wildman–Crippen MR) is 80.6 cm³/mol. The average Bonchev–Trinajstić information content (AvgIpc) is 3.03.